The molecule has 124 valence electrons. The predicted molar refractivity (Wildman–Crippen MR) is 92.5 cm³/mol. The van der Waals surface area contributed by atoms with Crippen LogP contribution in [0.15, 0.2) is 23.7 Å². The lowest BCUT2D eigenvalue weighted by atomic mass is 9.98. The molecule has 0 aromatic carbocycles. The van der Waals surface area contributed by atoms with Crippen LogP contribution in [0.4, 0.5) is 0 Å². The van der Waals surface area contributed by atoms with Crippen LogP contribution >= 0.6 is 11.3 Å². The van der Waals surface area contributed by atoms with Gasteiger partial charge in [0.1, 0.15) is 0 Å². The third-order valence-corrected chi connectivity index (χ3v) is 5.40. The predicted octanol–water partition coefficient (Wildman–Crippen LogP) is 2.82. The average Bonchev–Trinajstić information content (AvgIpc) is 3.24. The van der Waals surface area contributed by atoms with E-state index >= 15 is 0 Å². The lowest BCUT2D eigenvalue weighted by Gasteiger charge is -2.31. The number of hydrogen-bond acceptors (Lipinski definition) is 5. The Hall–Kier alpha value is -2.28. The second-order valence-corrected chi connectivity index (χ2v) is 7.23. The van der Waals surface area contributed by atoms with Gasteiger partial charge >= 0.3 is 0 Å². The Kier molecular flexibility index (Phi) is 3.80. The topological polar surface area (TPSA) is 63.4 Å². The van der Waals surface area contributed by atoms with E-state index in [0.717, 1.165) is 41.4 Å². The van der Waals surface area contributed by atoms with Crippen molar-refractivity contribution in [3.05, 3.63) is 45.8 Å². The van der Waals surface area contributed by atoms with Gasteiger partial charge in [-0.15, -0.1) is 11.3 Å². The molecule has 1 aliphatic heterocycles. The maximum atomic E-state index is 12.9. The van der Waals surface area contributed by atoms with Crippen LogP contribution in [0.3, 0.4) is 0 Å². The zero-order chi connectivity index (χ0) is 16.7. The van der Waals surface area contributed by atoms with E-state index in [1.54, 1.807) is 21.9 Å². The summed E-state index contributed by atoms with van der Waals surface area (Å²) in [5.41, 5.74) is 3.11. The molecule has 0 radical (unpaired) electrons. The summed E-state index contributed by atoms with van der Waals surface area (Å²) < 4.78 is 1.74. The highest BCUT2D eigenvalue weighted by Gasteiger charge is 2.28. The van der Waals surface area contributed by atoms with Gasteiger partial charge in [-0.2, -0.15) is 5.10 Å². The Morgan fingerprint density at radius 3 is 3.00 bits per heavy atom. The van der Waals surface area contributed by atoms with E-state index in [2.05, 4.69) is 15.1 Å². The van der Waals surface area contributed by atoms with Crippen LogP contribution in [0.2, 0.25) is 0 Å². The number of aryl methyl sites for hydroxylation is 2. The first kappa shape index (κ1) is 15.3. The molecule has 0 saturated carbocycles. The third-order valence-electron chi connectivity index (χ3n) is 4.46. The maximum absolute atomic E-state index is 12.9. The van der Waals surface area contributed by atoms with Gasteiger partial charge in [0.2, 0.25) is 0 Å². The summed E-state index contributed by atoms with van der Waals surface area (Å²) in [6.45, 7) is 5.42. The van der Waals surface area contributed by atoms with E-state index in [1.807, 2.05) is 36.4 Å². The van der Waals surface area contributed by atoms with Crippen molar-refractivity contribution >= 4 is 22.9 Å². The number of amides is 1. The second-order valence-electron chi connectivity index (χ2n) is 6.30. The minimum Gasteiger partial charge on any atom is -0.337 e. The number of piperidine rings is 1. The number of thiazole rings is 1. The molecule has 0 spiro atoms. The van der Waals surface area contributed by atoms with Crippen LogP contribution in [-0.4, -0.2) is 43.5 Å². The largest absolute Gasteiger partial charge is 0.337 e. The molecule has 4 heterocycles. The third kappa shape index (κ3) is 2.69. The van der Waals surface area contributed by atoms with Crippen LogP contribution in [0.25, 0.3) is 5.65 Å². The number of rotatable bonds is 2. The van der Waals surface area contributed by atoms with Crippen molar-refractivity contribution < 1.29 is 4.79 Å². The van der Waals surface area contributed by atoms with Gasteiger partial charge in [-0.3, -0.25) is 4.79 Å². The molecule has 3 aromatic heterocycles. The molecule has 0 aliphatic carbocycles. The van der Waals surface area contributed by atoms with Gasteiger partial charge in [0, 0.05) is 48.0 Å². The molecule has 0 bridgehead atoms. The van der Waals surface area contributed by atoms with E-state index in [4.69, 9.17) is 0 Å². The first-order valence-corrected chi connectivity index (χ1v) is 9.02. The Morgan fingerprint density at radius 1 is 1.33 bits per heavy atom. The number of hydrogen-bond donors (Lipinski definition) is 0. The van der Waals surface area contributed by atoms with Gasteiger partial charge in [-0.1, -0.05) is 0 Å². The SMILES string of the molecule is Cc1cc(C)n2nc(C(=O)N3CCC[C@H](c4nccs4)C3)cc2n1. The van der Waals surface area contributed by atoms with E-state index in [-0.39, 0.29) is 5.91 Å². The molecule has 1 saturated heterocycles. The fraction of sp³-hybridized carbons (Fsp3) is 0.412. The quantitative estimate of drug-likeness (QED) is 0.719. The van der Waals surface area contributed by atoms with E-state index < -0.39 is 0 Å². The molecule has 24 heavy (non-hydrogen) atoms. The van der Waals surface area contributed by atoms with Crippen molar-refractivity contribution in [3.8, 4) is 0 Å². The Balaban J connectivity index is 1.60. The van der Waals surface area contributed by atoms with Crippen LogP contribution in [0.1, 0.15) is 45.6 Å². The number of aromatic nitrogens is 4. The average molecular weight is 341 g/mol. The number of carbonyl (C=O) groups is 1. The Morgan fingerprint density at radius 2 is 2.21 bits per heavy atom. The lowest BCUT2D eigenvalue weighted by Crippen LogP contribution is -2.39. The molecule has 7 heteroatoms. The molecule has 1 amide bonds. The molecule has 1 fully saturated rings. The molecule has 4 rings (SSSR count). The highest BCUT2D eigenvalue weighted by Crippen LogP contribution is 2.28. The summed E-state index contributed by atoms with van der Waals surface area (Å²) in [4.78, 5) is 23.7. The minimum atomic E-state index is -0.0150. The van der Waals surface area contributed by atoms with Crippen molar-refractivity contribution in [2.45, 2.75) is 32.6 Å². The number of likely N-dealkylation sites (tertiary alicyclic amines) is 1. The molecule has 0 unspecified atom stereocenters. The second kappa shape index (κ2) is 5.98. The lowest BCUT2D eigenvalue weighted by molar-refractivity contribution is 0.0700. The number of nitrogens with zero attached hydrogens (tertiary/aromatic N) is 5. The summed E-state index contributed by atoms with van der Waals surface area (Å²) in [7, 11) is 0. The minimum absolute atomic E-state index is 0.0150. The van der Waals surface area contributed by atoms with Gasteiger partial charge in [-0.05, 0) is 32.8 Å². The van der Waals surface area contributed by atoms with E-state index in [9.17, 15) is 4.79 Å². The van der Waals surface area contributed by atoms with Gasteiger partial charge in [0.05, 0.1) is 5.01 Å². The molecule has 6 nitrogen and oxygen atoms in total. The van der Waals surface area contributed by atoms with Gasteiger partial charge in [0.15, 0.2) is 11.3 Å². The van der Waals surface area contributed by atoms with Crippen molar-refractivity contribution in [1.82, 2.24) is 24.5 Å². The zero-order valence-corrected chi connectivity index (χ0v) is 14.6. The zero-order valence-electron chi connectivity index (χ0n) is 13.8. The van der Waals surface area contributed by atoms with E-state index in [1.165, 1.54) is 0 Å². The molecule has 0 N–H and O–H groups in total. The van der Waals surface area contributed by atoms with Gasteiger partial charge < -0.3 is 4.90 Å². The van der Waals surface area contributed by atoms with Crippen molar-refractivity contribution in [2.75, 3.05) is 13.1 Å². The summed E-state index contributed by atoms with van der Waals surface area (Å²) in [5, 5.41) is 7.58. The fourth-order valence-electron chi connectivity index (χ4n) is 3.35. The fourth-order valence-corrected chi connectivity index (χ4v) is 4.12. The van der Waals surface area contributed by atoms with Crippen LogP contribution < -0.4 is 0 Å². The Bertz CT molecular complexity index is 886. The number of fused-ring (bicyclic) bond motifs is 1. The van der Waals surface area contributed by atoms with Crippen molar-refractivity contribution in [3.63, 3.8) is 0 Å². The van der Waals surface area contributed by atoms with E-state index in [0.29, 0.717) is 18.2 Å². The summed E-state index contributed by atoms with van der Waals surface area (Å²) in [6, 6.07) is 3.75. The Labute approximate surface area is 144 Å². The normalized spacial score (nSPS) is 18.2. The monoisotopic (exact) mass is 341 g/mol. The van der Waals surface area contributed by atoms with Gasteiger partial charge in [0.25, 0.3) is 5.91 Å². The smallest absolute Gasteiger partial charge is 0.274 e. The molecular weight excluding hydrogens is 322 g/mol. The molecule has 3 aromatic rings. The van der Waals surface area contributed by atoms with Crippen LogP contribution in [-0.2, 0) is 0 Å². The molecule has 1 atom stereocenters. The van der Waals surface area contributed by atoms with Crippen LogP contribution in [0, 0.1) is 13.8 Å². The molecular formula is C17H19N5OS. The highest BCUT2D eigenvalue weighted by molar-refractivity contribution is 7.09. The highest BCUT2D eigenvalue weighted by atomic mass is 32.1. The standard InChI is InChI=1S/C17H19N5OS/c1-11-8-12(2)22-15(19-11)9-14(20-22)17(23)21-6-3-4-13(10-21)16-18-5-7-24-16/h5,7-9,13H,3-4,6,10H2,1-2H3/t13-/m0/s1. The summed E-state index contributed by atoms with van der Waals surface area (Å²) in [5.74, 6) is 0.320. The maximum Gasteiger partial charge on any atom is 0.274 e. The van der Waals surface area contributed by atoms with Crippen molar-refractivity contribution in [2.24, 2.45) is 0 Å². The first-order chi connectivity index (χ1) is 11.6. The summed E-state index contributed by atoms with van der Waals surface area (Å²) in [6.07, 6.45) is 3.92. The van der Waals surface area contributed by atoms with Gasteiger partial charge in [-0.25, -0.2) is 14.5 Å². The molecule has 1 aliphatic rings. The number of carbonyl (C=O) groups excluding carboxylic acids is 1. The van der Waals surface area contributed by atoms with Crippen molar-refractivity contribution in [1.29, 1.82) is 0 Å². The first-order valence-electron chi connectivity index (χ1n) is 8.14. The summed E-state index contributed by atoms with van der Waals surface area (Å²) >= 11 is 1.67. The van der Waals surface area contributed by atoms with Crippen LogP contribution in [0.5, 0.6) is 0 Å².